The van der Waals surface area contributed by atoms with Gasteiger partial charge in [-0.1, -0.05) is 71.1 Å². The third kappa shape index (κ3) is 7.64. The molecule has 1 fully saturated rings. The van der Waals surface area contributed by atoms with Gasteiger partial charge < -0.3 is 9.84 Å². The Labute approximate surface area is 126 Å². The second kappa shape index (κ2) is 10.6. The summed E-state index contributed by atoms with van der Waals surface area (Å²) in [4.78, 5) is 0. The second-order valence-corrected chi connectivity index (χ2v) is 6.74. The minimum atomic E-state index is -0.519. The molecule has 0 amide bonds. The van der Waals surface area contributed by atoms with E-state index in [2.05, 4.69) is 6.92 Å². The molecule has 0 spiro atoms. The second-order valence-electron chi connectivity index (χ2n) is 6.74. The van der Waals surface area contributed by atoms with Crippen molar-refractivity contribution in [3.05, 3.63) is 0 Å². The van der Waals surface area contributed by atoms with Gasteiger partial charge in [-0.3, -0.25) is 0 Å². The van der Waals surface area contributed by atoms with Crippen LogP contribution in [0.3, 0.4) is 0 Å². The molecular formula is C18H36O2. The van der Waals surface area contributed by atoms with E-state index in [0.29, 0.717) is 12.5 Å². The standard InChI is InChI=1S/C18H36O2/c1-3-4-5-6-7-8-9-10-11-12-15-18(19,16-20-2)17-13-14-17/h17,19H,3-16H2,1-2H3. The molecule has 2 heteroatoms. The Hall–Kier alpha value is -0.0800. The normalized spacial score (nSPS) is 18.1. The fourth-order valence-electron chi connectivity index (χ4n) is 3.18. The average molecular weight is 284 g/mol. The number of aliphatic hydroxyl groups is 1. The van der Waals surface area contributed by atoms with E-state index in [1.807, 2.05) is 0 Å². The van der Waals surface area contributed by atoms with Gasteiger partial charge in [0.2, 0.25) is 0 Å². The summed E-state index contributed by atoms with van der Waals surface area (Å²) in [7, 11) is 1.70. The minimum Gasteiger partial charge on any atom is -0.387 e. The predicted molar refractivity (Wildman–Crippen MR) is 86.0 cm³/mol. The van der Waals surface area contributed by atoms with Crippen LogP contribution in [-0.4, -0.2) is 24.4 Å². The van der Waals surface area contributed by atoms with Crippen LogP contribution in [0.4, 0.5) is 0 Å². The van der Waals surface area contributed by atoms with Crippen molar-refractivity contribution in [2.24, 2.45) is 5.92 Å². The van der Waals surface area contributed by atoms with E-state index < -0.39 is 5.60 Å². The molecule has 2 nitrogen and oxygen atoms in total. The minimum absolute atomic E-state index is 0.515. The smallest absolute Gasteiger partial charge is 0.0907 e. The largest absolute Gasteiger partial charge is 0.387 e. The summed E-state index contributed by atoms with van der Waals surface area (Å²) in [6.45, 7) is 2.79. The van der Waals surface area contributed by atoms with Gasteiger partial charge in [0.25, 0.3) is 0 Å². The number of unbranched alkanes of at least 4 members (excludes halogenated alkanes) is 9. The van der Waals surface area contributed by atoms with Crippen LogP contribution >= 0.6 is 0 Å². The molecule has 1 atom stereocenters. The van der Waals surface area contributed by atoms with Crippen LogP contribution in [-0.2, 0) is 4.74 Å². The predicted octanol–water partition coefficient (Wildman–Crippen LogP) is 5.08. The van der Waals surface area contributed by atoms with Crippen LogP contribution in [0.2, 0.25) is 0 Å². The number of hydrogen-bond donors (Lipinski definition) is 1. The highest BCUT2D eigenvalue weighted by atomic mass is 16.5. The molecule has 1 saturated carbocycles. The van der Waals surface area contributed by atoms with Crippen molar-refractivity contribution in [3.8, 4) is 0 Å². The van der Waals surface area contributed by atoms with Crippen LogP contribution in [0.5, 0.6) is 0 Å². The van der Waals surface area contributed by atoms with Crippen molar-refractivity contribution in [2.45, 2.75) is 96.0 Å². The van der Waals surface area contributed by atoms with E-state index in [9.17, 15) is 5.11 Å². The van der Waals surface area contributed by atoms with Crippen LogP contribution in [0.25, 0.3) is 0 Å². The Morgan fingerprint density at radius 3 is 1.85 bits per heavy atom. The Bertz CT molecular complexity index is 225. The summed E-state index contributed by atoms with van der Waals surface area (Å²) in [5.41, 5.74) is -0.519. The SMILES string of the molecule is CCCCCCCCCCCCC(O)(COC)C1CC1. The Morgan fingerprint density at radius 2 is 1.40 bits per heavy atom. The first kappa shape index (κ1) is 18.0. The van der Waals surface area contributed by atoms with Crippen LogP contribution in [0.1, 0.15) is 90.4 Å². The van der Waals surface area contributed by atoms with Gasteiger partial charge in [0.1, 0.15) is 0 Å². The highest BCUT2D eigenvalue weighted by molar-refractivity contribution is 4.94. The molecular weight excluding hydrogens is 248 g/mol. The van der Waals surface area contributed by atoms with Crippen molar-refractivity contribution >= 4 is 0 Å². The summed E-state index contributed by atoms with van der Waals surface area (Å²) in [5, 5.41) is 10.5. The first-order valence-electron chi connectivity index (χ1n) is 8.94. The van der Waals surface area contributed by atoms with Crippen LogP contribution in [0, 0.1) is 5.92 Å². The highest BCUT2D eigenvalue weighted by Gasteiger charge is 2.43. The molecule has 1 aliphatic carbocycles. The van der Waals surface area contributed by atoms with E-state index in [0.717, 1.165) is 12.8 Å². The van der Waals surface area contributed by atoms with Crippen LogP contribution < -0.4 is 0 Å². The van der Waals surface area contributed by atoms with Gasteiger partial charge in [-0.25, -0.2) is 0 Å². The van der Waals surface area contributed by atoms with Gasteiger partial charge in [-0.2, -0.15) is 0 Å². The molecule has 0 heterocycles. The Balaban J connectivity index is 1.90. The highest BCUT2D eigenvalue weighted by Crippen LogP contribution is 2.42. The van der Waals surface area contributed by atoms with E-state index in [4.69, 9.17) is 4.74 Å². The molecule has 0 radical (unpaired) electrons. The molecule has 0 aromatic heterocycles. The van der Waals surface area contributed by atoms with Gasteiger partial charge >= 0.3 is 0 Å². The van der Waals surface area contributed by atoms with Crippen molar-refractivity contribution in [1.82, 2.24) is 0 Å². The van der Waals surface area contributed by atoms with Crippen molar-refractivity contribution in [3.63, 3.8) is 0 Å². The molecule has 0 aromatic carbocycles. The van der Waals surface area contributed by atoms with Crippen LogP contribution in [0.15, 0.2) is 0 Å². The van der Waals surface area contributed by atoms with E-state index in [-0.39, 0.29) is 0 Å². The van der Waals surface area contributed by atoms with Gasteiger partial charge in [-0.05, 0) is 25.2 Å². The topological polar surface area (TPSA) is 29.5 Å². The lowest BCUT2D eigenvalue weighted by Crippen LogP contribution is -2.36. The lowest BCUT2D eigenvalue weighted by Gasteiger charge is -2.27. The third-order valence-electron chi connectivity index (χ3n) is 4.69. The quantitative estimate of drug-likeness (QED) is 0.450. The maximum Gasteiger partial charge on any atom is 0.0907 e. The third-order valence-corrected chi connectivity index (χ3v) is 4.69. The zero-order valence-electron chi connectivity index (χ0n) is 13.8. The van der Waals surface area contributed by atoms with Crippen molar-refractivity contribution in [2.75, 3.05) is 13.7 Å². The molecule has 1 unspecified atom stereocenters. The summed E-state index contributed by atoms with van der Waals surface area (Å²) >= 11 is 0. The zero-order valence-corrected chi connectivity index (χ0v) is 13.8. The Morgan fingerprint density at radius 1 is 0.900 bits per heavy atom. The average Bonchev–Trinajstić information content (AvgIpc) is 3.26. The number of rotatable bonds is 14. The lowest BCUT2D eigenvalue weighted by molar-refractivity contribution is -0.0553. The van der Waals surface area contributed by atoms with Crippen molar-refractivity contribution in [1.29, 1.82) is 0 Å². The molecule has 1 rings (SSSR count). The fraction of sp³-hybridized carbons (Fsp3) is 1.00. The van der Waals surface area contributed by atoms with E-state index >= 15 is 0 Å². The summed E-state index contributed by atoms with van der Waals surface area (Å²) in [6, 6.07) is 0. The first-order chi connectivity index (χ1) is 9.73. The Kier molecular flexibility index (Phi) is 9.54. The van der Waals surface area contributed by atoms with Gasteiger partial charge in [0.15, 0.2) is 0 Å². The molecule has 1 aliphatic rings. The first-order valence-corrected chi connectivity index (χ1v) is 8.94. The molecule has 120 valence electrons. The number of ether oxygens (including phenoxy) is 1. The molecule has 0 bridgehead atoms. The number of methoxy groups -OCH3 is 1. The lowest BCUT2D eigenvalue weighted by atomic mass is 9.91. The molecule has 0 saturated heterocycles. The maximum atomic E-state index is 10.5. The monoisotopic (exact) mass is 284 g/mol. The maximum absolute atomic E-state index is 10.5. The van der Waals surface area contributed by atoms with E-state index in [1.54, 1.807) is 7.11 Å². The number of hydrogen-bond acceptors (Lipinski definition) is 2. The summed E-state index contributed by atoms with van der Waals surface area (Å²) < 4.78 is 5.20. The van der Waals surface area contributed by atoms with Gasteiger partial charge in [0.05, 0.1) is 12.2 Å². The zero-order chi connectivity index (χ0) is 14.7. The summed E-state index contributed by atoms with van der Waals surface area (Å²) in [6.07, 6.45) is 16.8. The fourth-order valence-corrected chi connectivity index (χ4v) is 3.18. The van der Waals surface area contributed by atoms with Gasteiger partial charge in [0, 0.05) is 7.11 Å². The molecule has 20 heavy (non-hydrogen) atoms. The summed E-state index contributed by atoms with van der Waals surface area (Å²) in [5.74, 6) is 0.515. The molecule has 1 N–H and O–H groups in total. The van der Waals surface area contributed by atoms with Crippen molar-refractivity contribution < 1.29 is 9.84 Å². The van der Waals surface area contributed by atoms with E-state index in [1.165, 1.54) is 70.6 Å². The molecule has 0 aliphatic heterocycles. The molecule has 0 aromatic rings. The van der Waals surface area contributed by atoms with Gasteiger partial charge in [-0.15, -0.1) is 0 Å².